The van der Waals surface area contributed by atoms with Gasteiger partial charge in [-0.3, -0.25) is 4.79 Å². The molecule has 0 radical (unpaired) electrons. The van der Waals surface area contributed by atoms with Gasteiger partial charge in [-0.25, -0.2) is 0 Å². The van der Waals surface area contributed by atoms with Crippen LogP contribution in [-0.4, -0.2) is 30.4 Å². The zero-order valence-electron chi connectivity index (χ0n) is 10.0. The van der Waals surface area contributed by atoms with Gasteiger partial charge in [-0.05, 0) is 37.6 Å². The summed E-state index contributed by atoms with van der Waals surface area (Å²) in [5.41, 5.74) is 5.40. The molecule has 1 fully saturated rings. The average molecular weight is 212 g/mol. The van der Waals surface area contributed by atoms with Crippen molar-refractivity contribution in [3.63, 3.8) is 0 Å². The fraction of sp³-hybridized carbons (Fsp3) is 0.917. The third kappa shape index (κ3) is 4.20. The van der Waals surface area contributed by atoms with Crippen molar-refractivity contribution in [2.75, 3.05) is 19.6 Å². The predicted molar refractivity (Wildman–Crippen MR) is 62.4 cm³/mol. The van der Waals surface area contributed by atoms with Gasteiger partial charge in [0.15, 0.2) is 0 Å². The minimum absolute atomic E-state index is 0.298. The van der Waals surface area contributed by atoms with Crippen LogP contribution in [0.2, 0.25) is 0 Å². The standard InChI is InChI=1S/C12H24N2O/c1-10(2)8-11-5-7-14(9-11)12(15)4-3-6-13/h10-11H,3-9,13H2,1-2H3/t11-/m1/s1. The topological polar surface area (TPSA) is 46.3 Å². The summed E-state index contributed by atoms with van der Waals surface area (Å²) in [6.45, 7) is 7.05. The summed E-state index contributed by atoms with van der Waals surface area (Å²) >= 11 is 0. The Balaban J connectivity index is 2.26. The average Bonchev–Trinajstić information content (AvgIpc) is 2.61. The van der Waals surface area contributed by atoms with Crippen molar-refractivity contribution in [2.24, 2.45) is 17.6 Å². The van der Waals surface area contributed by atoms with E-state index in [4.69, 9.17) is 5.73 Å². The highest BCUT2D eigenvalue weighted by Gasteiger charge is 2.25. The molecule has 0 bridgehead atoms. The van der Waals surface area contributed by atoms with Crippen LogP contribution in [0.25, 0.3) is 0 Å². The Hall–Kier alpha value is -0.570. The zero-order chi connectivity index (χ0) is 11.3. The highest BCUT2D eigenvalue weighted by molar-refractivity contribution is 5.76. The van der Waals surface area contributed by atoms with Crippen LogP contribution >= 0.6 is 0 Å². The summed E-state index contributed by atoms with van der Waals surface area (Å²) in [6, 6.07) is 0. The minimum atomic E-state index is 0.298. The summed E-state index contributed by atoms with van der Waals surface area (Å²) in [7, 11) is 0. The van der Waals surface area contributed by atoms with Gasteiger partial charge < -0.3 is 10.6 Å². The van der Waals surface area contributed by atoms with E-state index in [2.05, 4.69) is 13.8 Å². The maximum absolute atomic E-state index is 11.7. The molecule has 0 saturated carbocycles. The number of hydrogen-bond acceptors (Lipinski definition) is 2. The van der Waals surface area contributed by atoms with Gasteiger partial charge in [0.1, 0.15) is 0 Å². The van der Waals surface area contributed by atoms with Crippen LogP contribution in [0.5, 0.6) is 0 Å². The lowest BCUT2D eigenvalue weighted by molar-refractivity contribution is -0.130. The van der Waals surface area contributed by atoms with Gasteiger partial charge in [0.2, 0.25) is 5.91 Å². The molecule has 0 aromatic heterocycles. The second kappa shape index (κ2) is 6.11. The van der Waals surface area contributed by atoms with Crippen molar-refractivity contribution < 1.29 is 4.79 Å². The molecule has 0 aliphatic carbocycles. The molecule has 0 aromatic rings. The molecule has 0 unspecified atom stereocenters. The highest BCUT2D eigenvalue weighted by Crippen LogP contribution is 2.23. The normalized spacial score (nSPS) is 21.3. The molecular formula is C12H24N2O. The monoisotopic (exact) mass is 212 g/mol. The van der Waals surface area contributed by atoms with Crippen molar-refractivity contribution in [2.45, 2.75) is 39.5 Å². The lowest BCUT2D eigenvalue weighted by atomic mass is 9.97. The predicted octanol–water partition coefficient (Wildman–Crippen LogP) is 1.62. The maximum atomic E-state index is 11.7. The summed E-state index contributed by atoms with van der Waals surface area (Å²) < 4.78 is 0. The van der Waals surface area contributed by atoms with Crippen molar-refractivity contribution >= 4 is 5.91 Å². The molecule has 88 valence electrons. The highest BCUT2D eigenvalue weighted by atomic mass is 16.2. The van der Waals surface area contributed by atoms with E-state index in [1.807, 2.05) is 4.90 Å². The fourth-order valence-corrected chi connectivity index (χ4v) is 2.33. The number of carbonyl (C=O) groups is 1. The number of nitrogens with zero attached hydrogens (tertiary/aromatic N) is 1. The van der Waals surface area contributed by atoms with E-state index in [1.54, 1.807) is 0 Å². The third-order valence-electron chi connectivity index (χ3n) is 3.04. The molecule has 0 aromatic carbocycles. The van der Waals surface area contributed by atoms with Gasteiger partial charge in [0.25, 0.3) is 0 Å². The van der Waals surface area contributed by atoms with Crippen LogP contribution in [0.15, 0.2) is 0 Å². The zero-order valence-corrected chi connectivity index (χ0v) is 10.0. The Morgan fingerprint density at radius 1 is 1.53 bits per heavy atom. The summed E-state index contributed by atoms with van der Waals surface area (Å²) in [4.78, 5) is 13.7. The summed E-state index contributed by atoms with van der Waals surface area (Å²) in [5.74, 6) is 1.77. The van der Waals surface area contributed by atoms with E-state index in [-0.39, 0.29) is 0 Å². The molecule has 0 spiro atoms. The Morgan fingerprint density at radius 2 is 2.27 bits per heavy atom. The number of amides is 1. The van der Waals surface area contributed by atoms with Gasteiger partial charge >= 0.3 is 0 Å². The van der Waals surface area contributed by atoms with Crippen LogP contribution in [0.3, 0.4) is 0 Å². The molecule has 1 aliphatic rings. The Bertz CT molecular complexity index is 204. The lowest BCUT2D eigenvalue weighted by Crippen LogP contribution is -2.29. The Kier molecular flexibility index (Phi) is 5.09. The second-order valence-corrected chi connectivity index (χ2v) is 5.02. The van der Waals surface area contributed by atoms with E-state index in [1.165, 1.54) is 12.8 Å². The molecule has 1 atom stereocenters. The molecule has 1 heterocycles. The van der Waals surface area contributed by atoms with E-state index >= 15 is 0 Å². The number of nitrogens with two attached hydrogens (primary N) is 1. The van der Waals surface area contributed by atoms with Crippen LogP contribution in [0.4, 0.5) is 0 Å². The van der Waals surface area contributed by atoms with Crippen LogP contribution in [0, 0.1) is 11.8 Å². The number of likely N-dealkylation sites (tertiary alicyclic amines) is 1. The van der Waals surface area contributed by atoms with Crippen molar-refractivity contribution in [1.82, 2.24) is 4.90 Å². The van der Waals surface area contributed by atoms with Gasteiger partial charge in [-0.15, -0.1) is 0 Å². The number of carbonyl (C=O) groups excluding carboxylic acids is 1. The van der Waals surface area contributed by atoms with Crippen LogP contribution in [-0.2, 0) is 4.79 Å². The SMILES string of the molecule is CC(C)C[C@H]1CCN(C(=O)CCCN)C1. The molecule has 1 saturated heterocycles. The largest absolute Gasteiger partial charge is 0.342 e. The van der Waals surface area contributed by atoms with E-state index in [0.717, 1.165) is 31.3 Å². The van der Waals surface area contributed by atoms with Gasteiger partial charge in [0.05, 0.1) is 0 Å². The molecule has 1 rings (SSSR count). The fourth-order valence-electron chi connectivity index (χ4n) is 2.33. The molecule has 2 N–H and O–H groups in total. The van der Waals surface area contributed by atoms with Gasteiger partial charge in [0, 0.05) is 19.5 Å². The Morgan fingerprint density at radius 3 is 2.87 bits per heavy atom. The minimum Gasteiger partial charge on any atom is -0.342 e. The van der Waals surface area contributed by atoms with Crippen LogP contribution < -0.4 is 5.73 Å². The molecule has 1 amide bonds. The second-order valence-electron chi connectivity index (χ2n) is 5.02. The number of rotatable bonds is 5. The van der Waals surface area contributed by atoms with E-state index in [0.29, 0.717) is 18.9 Å². The lowest BCUT2D eigenvalue weighted by Gasteiger charge is -2.17. The molecule has 3 nitrogen and oxygen atoms in total. The Labute approximate surface area is 93.0 Å². The first-order valence-corrected chi connectivity index (χ1v) is 6.11. The molecule has 1 aliphatic heterocycles. The first-order valence-electron chi connectivity index (χ1n) is 6.11. The van der Waals surface area contributed by atoms with Crippen molar-refractivity contribution in [3.8, 4) is 0 Å². The van der Waals surface area contributed by atoms with Gasteiger partial charge in [-0.1, -0.05) is 13.8 Å². The first-order chi connectivity index (χ1) is 7.13. The quantitative estimate of drug-likeness (QED) is 0.752. The smallest absolute Gasteiger partial charge is 0.222 e. The summed E-state index contributed by atoms with van der Waals surface area (Å²) in [5, 5.41) is 0. The molecule has 3 heteroatoms. The van der Waals surface area contributed by atoms with Crippen LogP contribution in [0.1, 0.15) is 39.5 Å². The number of hydrogen-bond donors (Lipinski definition) is 1. The molecule has 15 heavy (non-hydrogen) atoms. The van der Waals surface area contributed by atoms with Gasteiger partial charge in [-0.2, -0.15) is 0 Å². The first kappa shape index (κ1) is 12.5. The van der Waals surface area contributed by atoms with Crippen molar-refractivity contribution in [1.29, 1.82) is 0 Å². The van der Waals surface area contributed by atoms with E-state index in [9.17, 15) is 4.79 Å². The third-order valence-corrected chi connectivity index (χ3v) is 3.04. The maximum Gasteiger partial charge on any atom is 0.222 e. The van der Waals surface area contributed by atoms with Crippen molar-refractivity contribution in [3.05, 3.63) is 0 Å². The molecular weight excluding hydrogens is 188 g/mol. The van der Waals surface area contributed by atoms with E-state index < -0.39 is 0 Å². The summed E-state index contributed by atoms with van der Waals surface area (Å²) in [6.07, 6.45) is 3.89.